The van der Waals surface area contributed by atoms with Crippen LogP contribution in [-0.4, -0.2) is 83.4 Å². The number of pyridine rings is 1. The van der Waals surface area contributed by atoms with E-state index in [1.165, 1.54) is 17.7 Å². The van der Waals surface area contributed by atoms with E-state index in [0.29, 0.717) is 36.7 Å². The van der Waals surface area contributed by atoms with Gasteiger partial charge >= 0.3 is 0 Å². The number of aliphatic imine (C=N–C) groups is 1. The maximum atomic E-state index is 15.6. The number of fused-ring (bicyclic) bond motifs is 5. The van der Waals surface area contributed by atoms with Crippen LogP contribution in [0.2, 0.25) is 0 Å². The molecule has 0 amide bonds. The van der Waals surface area contributed by atoms with Crippen molar-refractivity contribution in [1.29, 1.82) is 0 Å². The number of allylic oxidation sites excluding steroid dienone is 3. The molecule has 2 bridgehead atoms. The van der Waals surface area contributed by atoms with E-state index in [0.717, 1.165) is 135 Å². The minimum absolute atomic E-state index is 0.0650. The third-order valence-electron chi connectivity index (χ3n) is 13.3. The SMILES string of the molecule is C=CCC[C@@H](C(=C)NC)c1c(F)cc(N2CCC(C(=C)N3CCN(Cc4ccc5nc6n(c5c4)C[C@H](C)CCCCC(=NC)C(=CN)c4cc(cc(C)n4)C(=C)N6)CC3)C2)cc1F. The van der Waals surface area contributed by atoms with Crippen molar-refractivity contribution in [1.82, 2.24) is 29.7 Å². The molecular weight excluding hydrogens is 791 g/mol. The zero-order valence-corrected chi connectivity index (χ0v) is 37.8. The summed E-state index contributed by atoms with van der Waals surface area (Å²) in [5, 5.41) is 6.58. The molecule has 3 atom stereocenters. The molecule has 63 heavy (non-hydrogen) atoms. The second-order valence-electron chi connectivity index (χ2n) is 17.7. The summed E-state index contributed by atoms with van der Waals surface area (Å²) in [6, 6.07) is 13.7. The highest BCUT2D eigenvalue weighted by atomic mass is 19.1. The first-order chi connectivity index (χ1) is 30.4. The molecule has 0 spiro atoms. The lowest BCUT2D eigenvalue weighted by atomic mass is 9.90. The molecular formula is C51H66F2N10. The number of rotatable bonds is 11. The number of nitrogens with zero attached hydrogens (tertiary/aromatic N) is 7. The fraction of sp³-hybridized carbons (Fsp3) is 0.431. The van der Waals surface area contributed by atoms with Crippen LogP contribution in [0.4, 0.5) is 20.4 Å². The summed E-state index contributed by atoms with van der Waals surface area (Å²) < 4.78 is 33.6. The van der Waals surface area contributed by atoms with Crippen LogP contribution in [0.25, 0.3) is 22.3 Å². The first-order valence-electron chi connectivity index (χ1n) is 22.6. The minimum atomic E-state index is -0.535. The number of aryl methyl sites for hydroxylation is 1. The van der Waals surface area contributed by atoms with Gasteiger partial charge in [0, 0.05) is 135 Å². The topological polar surface area (TPSA) is 103 Å². The van der Waals surface area contributed by atoms with Gasteiger partial charge in [0.25, 0.3) is 0 Å². The molecule has 1 unspecified atom stereocenters. The first-order valence-corrected chi connectivity index (χ1v) is 22.6. The smallest absolute Gasteiger partial charge is 0.208 e. The molecule has 0 aliphatic carbocycles. The van der Waals surface area contributed by atoms with Crippen molar-refractivity contribution >= 4 is 39.7 Å². The molecule has 0 saturated carbocycles. The fourth-order valence-corrected chi connectivity index (χ4v) is 9.63. The van der Waals surface area contributed by atoms with Crippen LogP contribution in [0, 0.1) is 30.4 Å². The molecule has 4 N–H and O–H groups in total. The Morgan fingerprint density at radius 3 is 2.48 bits per heavy atom. The van der Waals surface area contributed by atoms with Gasteiger partial charge in [0.15, 0.2) is 0 Å². The summed E-state index contributed by atoms with van der Waals surface area (Å²) >= 11 is 0. The van der Waals surface area contributed by atoms with Gasteiger partial charge < -0.3 is 30.7 Å². The van der Waals surface area contributed by atoms with Crippen LogP contribution < -0.4 is 21.3 Å². The molecule has 10 nitrogen and oxygen atoms in total. The van der Waals surface area contributed by atoms with Gasteiger partial charge in [-0.3, -0.25) is 14.9 Å². The molecule has 0 radical (unpaired) electrons. The molecule has 2 fully saturated rings. The summed E-state index contributed by atoms with van der Waals surface area (Å²) in [6.45, 7) is 27.8. The highest BCUT2D eigenvalue weighted by Gasteiger charge is 2.31. The molecule has 5 heterocycles. The van der Waals surface area contributed by atoms with Crippen molar-refractivity contribution < 1.29 is 8.78 Å². The number of nitrogens with two attached hydrogens (primary N) is 1. The number of nitrogens with one attached hydrogen (secondary N) is 2. The first kappa shape index (κ1) is 45.3. The maximum absolute atomic E-state index is 15.6. The monoisotopic (exact) mass is 857 g/mol. The number of imidazole rings is 1. The summed E-state index contributed by atoms with van der Waals surface area (Å²) in [5.74, 6) is -0.122. The van der Waals surface area contributed by atoms with E-state index in [1.54, 1.807) is 19.3 Å². The van der Waals surface area contributed by atoms with Crippen LogP contribution in [0.5, 0.6) is 0 Å². The molecule has 3 aliphatic rings. The largest absolute Gasteiger partial charge is 0.404 e. The Kier molecular flexibility index (Phi) is 14.5. The number of hydrogen-bond donors (Lipinski definition) is 3. The molecule has 3 aliphatic heterocycles. The zero-order valence-electron chi connectivity index (χ0n) is 37.8. The number of piperazine rings is 1. The Balaban J connectivity index is 1.01. The standard InChI is InChI=1S/C51H66F2N10/c1-9-10-14-42(36(5)55-7)50-44(52)27-41(28-45(50)53)62-19-18-39(32-62)37(6)61-22-20-60(21-23-61)31-38-16-17-47-49(25-38)63-30-33(2)13-11-12-15-46(56-8)43(29-54)48-26-40(24-34(3)57-48)35(4)58-51(63)59-47/h9,16-17,24-29,33,39,42,55H,1,4-6,10-15,18-23,30-32,54H2,2-3,7-8H3,(H,58,59)/t33-,39?,42+/m1/s1. The van der Waals surface area contributed by atoms with Crippen molar-refractivity contribution in [3.8, 4) is 0 Å². The van der Waals surface area contributed by atoms with Crippen molar-refractivity contribution in [3.63, 3.8) is 0 Å². The highest BCUT2D eigenvalue weighted by molar-refractivity contribution is 6.23. The van der Waals surface area contributed by atoms with Gasteiger partial charge in [-0.25, -0.2) is 13.8 Å². The second kappa shape index (κ2) is 20.2. The van der Waals surface area contributed by atoms with E-state index >= 15 is 8.78 Å². The molecule has 12 heteroatoms. The highest BCUT2D eigenvalue weighted by Crippen LogP contribution is 2.37. The van der Waals surface area contributed by atoms with Gasteiger partial charge in [0.05, 0.1) is 16.7 Å². The lowest BCUT2D eigenvalue weighted by molar-refractivity contribution is 0.144. The van der Waals surface area contributed by atoms with E-state index in [1.807, 2.05) is 26.1 Å². The molecule has 2 saturated heterocycles. The van der Waals surface area contributed by atoms with Crippen LogP contribution in [0.1, 0.15) is 85.9 Å². The predicted octanol–water partition coefficient (Wildman–Crippen LogP) is 9.62. The third-order valence-corrected chi connectivity index (χ3v) is 13.3. The van der Waals surface area contributed by atoms with E-state index in [2.05, 4.69) is 86.3 Å². The number of likely N-dealkylation sites (N-methyl/N-ethyl adjacent to an activating group) is 1. The molecule has 7 rings (SSSR count). The van der Waals surface area contributed by atoms with E-state index < -0.39 is 17.6 Å². The molecule has 2 aromatic heterocycles. The van der Waals surface area contributed by atoms with Crippen molar-refractivity contribution in [2.24, 2.45) is 22.6 Å². The number of hydrogen-bond acceptors (Lipinski definition) is 9. The lowest BCUT2D eigenvalue weighted by Gasteiger charge is -2.38. The zero-order chi connectivity index (χ0) is 44.8. The second-order valence-corrected chi connectivity index (χ2v) is 17.7. The Hall–Kier alpha value is -5.75. The molecule has 2 aromatic carbocycles. The predicted molar refractivity (Wildman–Crippen MR) is 258 cm³/mol. The number of anilines is 2. The number of benzene rings is 2. The third kappa shape index (κ3) is 10.2. The Bertz CT molecular complexity index is 2380. The van der Waals surface area contributed by atoms with Gasteiger partial charge in [-0.1, -0.05) is 45.2 Å². The average Bonchev–Trinajstić information content (AvgIpc) is 3.90. The molecule has 4 aromatic rings. The van der Waals surface area contributed by atoms with Crippen molar-refractivity contribution in [2.45, 2.75) is 77.8 Å². The Morgan fingerprint density at radius 2 is 1.78 bits per heavy atom. The van der Waals surface area contributed by atoms with Crippen LogP contribution in [-0.2, 0) is 13.1 Å². The van der Waals surface area contributed by atoms with E-state index in [-0.39, 0.29) is 11.5 Å². The van der Waals surface area contributed by atoms with Gasteiger partial charge in [-0.15, -0.1) is 6.58 Å². The van der Waals surface area contributed by atoms with E-state index in [4.69, 9.17) is 15.7 Å². The normalized spacial score (nSPS) is 20.9. The summed E-state index contributed by atoms with van der Waals surface area (Å²) in [7, 11) is 3.56. The Morgan fingerprint density at radius 1 is 1.02 bits per heavy atom. The minimum Gasteiger partial charge on any atom is -0.404 e. The number of halogens is 2. The van der Waals surface area contributed by atoms with Crippen LogP contribution >= 0.6 is 0 Å². The Labute approximate surface area is 373 Å². The van der Waals surface area contributed by atoms with Gasteiger partial charge in [-0.05, 0) is 93.3 Å². The molecule has 334 valence electrons. The van der Waals surface area contributed by atoms with Crippen molar-refractivity contribution in [2.75, 3.05) is 63.6 Å². The summed E-state index contributed by atoms with van der Waals surface area (Å²) in [4.78, 5) is 21.6. The van der Waals surface area contributed by atoms with Gasteiger partial charge in [0.1, 0.15) is 11.6 Å². The van der Waals surface area contributed by atoms with Crippen molar-refractivity contribution in [3.05, 3.63) is 132 Å². The quantitative estimate of drug-likeness (QED) is 0.128. The maximum Gasteiger partial charge on any atom is 0.208 e. The lowest BCUT2D eigenvalue weighted by Crippen LogP contribution is -2.46. The van der Waals surface area contributed by atoms with E-state index in [9.17, 15) is 0 Å². The fourth-order valence-electron chi connectivity index (χ4n) is 9.63. The summed E-state index contributed by atoms with van der Waals surface area (Å²) in [5.41, 5.74) is 17.0. The van der Waals surface area contributed by atoms with Crippen LogP contribution in [0.15, 0.2) is 97.4 Å². The van der Waals surface area contributed by atoms with Gasteiger partial charge in [-0.2, -0.15) is 0 Å². The van der Waals surface area contributed by atoms with Crippen LogP contribution in [0.3, 0.4) is 0 Å². The van der Waals surface area contributed by atoms with Gasteiger partial charge in [0.2, 0.25) is 5.95 Å². The number of aromatic nitrogens is 3. The summed E-state index contributed by atoms with van der Waals surface area (Å²) in [6.07, 6.45) is 9.47. The average molecular weight is 857 g/mol.